The zero-order chi connectivity index (χ0) is 23.6. The molecule has 1 atom stereocenters. The first kappa shape index (κ1) is 20.7. The predicted molar refractivity (Wildman–Crippen MR) is 136 cm³/mol. The number of nitrogens with one attached hydrogen (secondary N) is 1. The van der Waals surface area contributed by atoms with E-state index in [4.69, 9.17) is 14.5 Å². The molecule has 35 heavy (non-hydrogen) atoms. The number of fused-ring (bicyclic) bond motifs is 2. The average molecular weight is 481 g/mol. The number of para-hydroxylation sites is 1. The lowest BCUT2D eigenvalue weighted by molar-refractivity contribution is -0.126. The van der Waals surface area contributed by atoms with E-state index in [1.807, 2.05) is 23.6 Å². The van der Waals surface area contributed by atoms with Crippen molar-refractivity contribution >= 4 is 22.4 Å². The van der Waals surface area contributed by atoms with Crippen molar-refractivity contribution in [3.63, 3.8) is 0 Å². The molecule has 0 saturated carbocycles. The molecule has 5 nitrogen and oxygen atoms in total. The Labute approximate surface area is 207 Å². The highest BCUT2D eigenvalue weighted by Crippen LogP contribution is 2.61. The molecule has 1 unspecified atom stereocenters. The number of thiazole rings is 1. The molecule has 1 aromatic heterocycles. The van der Waals surface area contributed by atoms with Crippen molar-refractivity contribution in [2.45, 2.75) is 25.2 Å². The molecule has 1 N–H and O–H groups in total. The fourth-order valence-electron chi connectivity index (χ4n) is 6.16. The molecule has 1 aliphatic heterocycles. The number of carbonyl (C=O) groups is 1. The van der Waals surface area contributed by atoms with Crippen molar-refractivity contribution in [1.29, 1.82) is 0 Å². The molecule has 3 aliphatic carbocycles. The standard InChI is InChI=1S/C29H24N2O3S/c1-29(15-22-17-7-2-4-9-19(17)25(29)20-10-5-3-8-18(20)22)27(32)31-28-30-23(16-35-28)21-11-6-12-24-26(21)34-14-13-33-24/h2-12,16,22,25H,13-15H2,1H3,(H,30,31,32). The average Bonchev–Trinajstić information content (AvgIpc) is 3.36. The van der Waals surface area contributed by atoms with Crippen LogP contribution in [-0.2, 0) is 4.79 Å². The summed E-state index contributed by atoms with van der Waals surface area (Å²) in [6, 6.07) is 23.0. The van der Waals surface area contributed by atoms with E-state index in [2.05, 4.69) is 60.8 Å². The SMILES string of the molecule is CC1(C(=O)Nc2nc(-c3cccc4c3OCCO4)cs2)CC2c3ccccc3C1c1ccccc12. The molecule has 6 heteroatoms. The number of hydrogen-bond donors (Lipinski definition) is 1. The fourth-order valence-corrected chi connectivity index (χ4v) is 6.87. The van der Waals surface area contributed by atoms with Gasteiger partial charge in [0.1, 0.15) is 13.2 Å². The van der Waals surface area contributed by atoms with Crippen LogP contribution in [0, 0.1) is 5.41 Å². The van der Waals surface area contributed by atoms with Gasteiger partial charge in [-0.25, -0.2) is 4.98 Å². The fraction of sp³-hybridized carbons (Fsp3) is 0.241. The van der Waals surface area contributed by atoms with Crippen molar-refractivity contribution in [1.82, 2.24) is 4.98 Å². The van der Waals surface area contributed by atoms with Crippen LogP contribution in [0.5, 0.6) is 11.5 Å². The number of aromatic nitrogens is 1. The van der Waals surface area contributed by atoms with Crippen LogP contribution >= 0.6 is 11.3 Å². The molecular formula is C29H24N2O3S. The van der Waals surface area contributed by atoms with E-state index < -0.39 is 5.41 Å². The smallest absolute Gasteiger partial charge is 0.233 e. The lowest BCUT2D eigenvalue weighted by Crippen LogP contribution is -2.47. The zero-order valence-electron chi connectivity index (χ0n) is 19.3. The van der Waals surface area contributed by atoms with Crippen molar-refractivity contribution in [3.05, 3.63) is 94.4 Å². The van der Waals surface area contributed by atoms with E-state index >= 15 is 0 Å². The normalized spacial score (nSPS) is 23.3. The Bertz CT molecular complexity index is 1430. The lowest BCUT2D eigenvalue weighted by Gasteiger charge is -2.50. The third-order valence-electron chi connectivity index (χ3n) is 7.72. The Balaban J connectivity index is 1.22. The summed E-state index contributed by atoms with van der Waals surface area (Å²) in [4.78, 5) is 18.6. The van der Waals surface area contributed by atoms with Crippen molar-refractivity contribution in [2.75, 3.05) is 18.5 Å². The summed E-state index contributed by atoms with van der Waals surface area (Å²) >= 11 is 1.44. The van der Waals surface area contributed by atoms with E-state index in [0.29, 0.717) is 24.1 Å². The number of benzene rings is 3. The maximum Gasteiger partial charge on any atom is 0.233 e. The minimum atomic E-state index is -0.567. The first-order chi connectivity index (χ1) is 17.1. The Morgan fingerprint density at radius 2 is 1.63 bits per heavy atom. The number of carbonyl (C=O) groups excluding carboxylic acids is 1. The van der Waals surface area contributed by atoms with Gasteiger partial charge in [-0.3, -0.25) is 4.79 Å². The van der Waals surface area contributed by atoms with Crippen LogP contribution in [0.15, 0.2) is 72.1 Å². The van der Waals surface area contributed by atoms with E-state index in [1.165, 1.54) is 33.6 Å². The Kier molecular flexibility index (Phi) is 4.55. The van der Waals surface area contributed by atoms with E-state index in [9.17, 15) is 4.79 Å². The summed E-state index contributed by atoms with van der Waals surface area (Å²) in [5, 5.41) is 5.73. The van der Waals surface area contributed by atoms with Gasteiger partial charge in [-0.05, 0) is 47.7 Å². The second-order valence-corrected chi connectivity index (χ2v) is 10.5. The number of anilines is 1. The third kappa shape index (κ3) is 3.06. The van der Waals surface area contributed by atoms with Gasteiger partial charge in [0.2, 0.25) is 5.91 Å². The van der Waals surface area contributed by atoms with Crippen LogP contribution in [0.4, 0.5) is 5.13 Å². The van der Waals surface area contributed by atoms with Gasteiger partial charge in [-0.2, -0.15) is 0 Å². The summed E-state index contributed by atoms with van der Waals surface area (Å²) in [5.74, 6) is 1.71. The maximum atomic E-state index is 13.9. The van der Waals surface area contributed by atoms with Gasteiger partial charge in [-0.15, -0.1) is 11.3 Å². The summed E-state index contributed by atoms with van der Waals surface area (Å²) in [6.07, 6.45) is 0.785. The van der Waals surface area contributed by atoms with Gasteiger partial charge in [0.15, 0.2) is 16.6 Å². The molecule has 4 aliphatic rings. The van der Waals surface area contributed by atoms with Gasteiger partial charge in [0.05, 0.1) is 11.1 Å². The number of hydrogen-bond acceptors (Lipinski definition) is 5. The third-order valence-corrected chi connectivity index (χ3v) is 8.47. The lowest BCUT2D eigenvalue weighted by atomic mass is 9.52. The topological polar surface area (TPSA) is 60.5 Å². The summed E-state index contributed by atoms with van der Waals surface area (Å²) < 4.78 is 11.6. The highest BCUT2D eigenvalue weighted by atomic mass is 32.1. The van der Waals surface area contributed by atoms with Crippen LogP contribution in [-0.4, -0.2) is 24.1 Å². The first-order valence-corrected chi connectivity index (χ1v) is 12.8. The molecule has 0 fully saturated rings. The van der Waals surface area contributed by atoms with Gasteiger partial charge in [-0.1, -0.05) is 54.6 Å². The zero-order valence-corrected chi connectivity index (χ0v) is 20.1. The van der Waals surface area contributed by atoms with Crippen LogP contribution in [0.2, 0.25) is 0 Å². The van der Waals surface area contributed by atoms with Gasteiger partial charge >= 0.3 is 0 Å². The van der Waals surface area contributed by atoms with E-state index in [0.717, 1.165) is 23.4 Å². The Hall–Kier alpha value is -3.64. The Morgan fingerprint density at radius 1 is 0.943 bits per heavy atom. The van der Waals surface area contributed by atoms with E-state index in [1.54, 1.807) is 0 Å². The molecule has 2 heterocycles. The Morgan fingerprint density at radius 3 is 2.37 bits per heavy atom. The molecule has 1 amide bonds. The molecule has 8 rings (SSSR count). The second kappa shape index (κ2) is 7.68. The molecule has 0 radical (unpaired) electrons. The predicted octanol–water partition coefficient (Wildman–Crippen LogP) is 6.21. The minimum absolute atomic E-state index is 0.0195. The quantitative estimate of drug-likeness (QED) is 0.379. The van der Waals surface area contributed by atoms with Crippen molar-refractivity contribution < 1.29 is 14.3 Å². The van der Waals surface area contributed by atoms with Crippen molar-refractivity contribution in [3.8, 4) is 22.8 Å². The molecule has 2 bridgehead atoms. The first-order valence-electron chi connectivity index (χ1n) is 12.0. The number of ether oxygens (including phenoxy) is 2. The van der Waals surface area contributed by atoms with Gasteiger partial charge in [0, 0.05) is 22.8 Å². The summed E-state index contributed by atoms with van der Waals surface area (Å²) in [5.41, 5.74) is 6.34. The molecular weight excluding hydrogens is 456 g/mol. The molecule has 174 valence electrons. The van der Waals surface area contributed by atoms with Crippen molar-refractivity contribution in [2.24, 2.45) is 5.41 Å². The van der Waals surface area contributed by atoms with Crippen LogP contribution in [0.1, 0.15) is 47.4 Å². The van der Waals surface area contributed by atoms with Gasteiger partial charge < -0.3 is 14.8 Å². The molecule has 0 saturated heterocycles. The monoisotopic (exact) mass is 480 g/mol. The summed E-state index contributed by atoms with van der Waals surface area (Å²) in [7, 11) is 0. The highest BCUT2D eigenvalue weighted by Gasteiger charge is 2.54. The van der Waals surface area contributed by atoms with Crippen LogP contribution < -0.4 is 14.8 Å². The largest absolute Gasteiger partial charge is 0.486 e. The van der Waals surface area contributed by atoms with Gasteiger partial charge in [0.25, 0.3) is 0 Å². The number of amides is 1. The maximum absolute atomic E-state index is 13.9. The van der Waals surface area contributed by atoms with E-state index in [-0.39, 0.29) is 17.7 Å². The summed E-state index contributed by atoms with van der Waals surface area (Å²) in [6.45, 7) is 3.17. The molecule has 0 spiro atoms. The second-order valence-electron chi connectivity index (χ2n) is 9.69. The van der Waals surface area contributed by atoms with Crippen LogP contribution in [0.25, 0.3) is 11.3 Å². The number of rotatable bonds is 3. The molecule has 3 aromatic carbocycles. The number of nitrogens with zero attached hydrogens (tertiary/aromatic N) is 1. The minimum Gasteiger partial charge on any atom is -0.486 e. The van der Waals surface area contributed by atoms with Crippen LogP contribution in [0.3, 0.4) is 0 Å². The molecule has 4 aromatic rings. The highest BCUT2D eigenvalue weighted by molar-refractivity contribution is 7.14.